The van der Waals surface area contributed by atoms with Gasteiger partial charge >= 0.3 is 0 Å². The van der Waals surface area contributed by atoms with Crippen LogP contribution in [-0.2, 0) is 0 Å². The highest BCUT2D eigenvalue weighted by Crippen LogP contribution is 2.40. The number of piperidine rings is 1. The number of benzene rings is 1. The zero-order valence-corrected chi connectivity index (χ0v) is 11.7. The van der Waals surface area contributed by atoms with Crippen LogP contribution in [0.1, 0.15) is 26.7 Å². The molecule has 104 valence electrons. The van der Waals surface area contributed by atoms with E-state index in [1.165, 1.54) is 12.8 Å². The Morgan fingerprint density at radius 2 is 1.95 bits per heavy atom. The highest BCUT2D eigenvalue weighted by Gasteiger charge is 2.31. The van der Waals surface area contributed by atoms with Gasteiger partial charge in [0.2, 0.25) is 5.79 Å². The summed E-state index contributed by atoms with van der Waals surface area (Å²) >= 11 is 0. The van der Waals surface area contributed by atoms with Crippen LogP contribution in [0.5, 0.6) is 11.5 Å². The van der Waals surface area contributed by atoms with Crippen LogP contribution in [0.2, 0.25) is 0 Å². The summed E-state index contributed by atoms with van der Waals surface area (Å²) in [7, 11) is 0. The summed E-state index contributed by atoms with van der Waals surface area (Å²) in [5.41, 5.74) is 1.11. The lowest BCUT2D eigenvalue weighted by Gasteiger charge is -2.23. The first-order valence-electron chi connectivity index (χ1n) is 7.09. The summed E-state index contributed by atoms with van der Waals surface area (Å²) in [4.78, 5) is 0. The summed E-state index contributed by atoms with van der Waals surface area (Å²) in [6, 6.07) is 6.07. The number of fused-ring (bicyclic) bond motifs is 1. The molecule has 4 heteroatoms. The number of nitrogens with one attached hydrogen (secondary N) is 2. The molecule has 0 aliphatic carbocycles. The van der Waals surface area contributed by atoms with Crippen LogP contribution in [0.4, 0.5) is 5.69 Å². The Morgan fingerprint density at radius 3 is 2.74 bits per heavy atom. The fourth-order valence-electron chi connectivity index (χ4n) is 2.68. The van der Waals surface area contributed by atoms with Crippen molar-refractivity contribution >= 4 is 5.69 Å². The Bertz CT molecular complexity index is 453. The molecule has 0 amide bonds. The van der Waals surface area contributed by atoms with Gasteiger partial charge in [-0.3, -0.25) is 0 Å². The lowest BCUT2D eigenvalue weighted by Crippen LogP contribution is -2.31. The Morgan fingerprint density at radius 1 is 1.21 bits per heavy atom. The van der Waals surface area contributed by atoms with E-state index < -0.39 is 5.79 Å². The first kappa shape index (κ1) is 12.6. The van der Waals surface area contributed by atoms with Crippen LogP contribution in [0.15, 0.2) is 18.2 Å². The molecule has 0 atom stereocenters. The Hall–Kier alpha value is -1.42. The van der Waals surface area contributed by atoms with Gasteiger partial charge in [-0.1, -0.05) is 0 Å². The molecule has 19 heavy (non-hydrogen) atoms. The van der Waals surface area contributed by atoms with Gasteiger partial charge in [0, 0.05) is 32.1 Å². The van der Waals surface area contributed by atoms with Crippen LogP contribution in [0, 0.1) is 5.92 Å². The minimum absolute atomic E-state index is 0.546. The Kier molecular flexibility index (Phi) is 3.27. The van der Waals surface area contributed by atoms with E-state index in [-0.39, 0.29) is 0 Å². The van der Waals surface area contributed by atoms with E-state index in [0.29, 0.717) is 0 Å². The molecule has 3 rings (SSSR count). The highest BCUT2D eigenvalue weighted by atomic mass is 16.7. The number of ether oxygens (including phenoxy) is 2. The van der Waals surface area contributed by atoms with Gasteiger partial charge in [-0.25, -0.2) is 0 Å². The van der Waals surface area contributed by atoms with Gasteiger partial charge in [0.05, 0.1) is 0 Å². The minimum atomic E-state index is -0.546. The molecule has 0 bridgehead atoms. The van der Waals surface area contributed by atoms with Gasteiger partial charge in [-0.2, -0.15) is 0 Å². The smallest absolute Gasteiger partial charge is 0.246 e. The third-order valence-corrected chi connectivity index (χ3v) is 3.71. The summed E-state index contributed by atoms with van der Waals surface area (Å²) in [6.07, 6.45) is 2.51. The Balaban J connectivity index is 1.60. The Labute approximate surface area is 114 Å². The first-order valence-corrected chi connectivity index (χ1v) is 7.09. The maximum Gasteiger partial charge on any atom is 0.246 e. The monoisotopic (exact) mass is 262 g/mol. The second kappa shape index (κ2) is 4.93. The molecule has 4 nitrogen and oxygen atoms in total. The predicted octanol–water partition coefficient (Wildman–Crippen LogP) is 2.61. The molecule has 0 spiro atoms. The van der Waals surface area contributed by atoms with Crippen molar-refractivity contribution in [2.24, 2.45) is 5.92 Å². The summed E-state index contributed by atoms with van der Waals surface area (Å²) in [6.45, 7) is 7.17. The molecule has 1 saturated heterocycles. The summed E-state index contributed by atoms with van der Waals surface area (Å²) in [5, 5.41) is 6.90. The summed E-state index contributed by atoms with van der Waals surface area (Å²) < 4.78 is 11.4. The molecule has 2 aliphatic heterocycles. The predicted molar refractivity (Wildman–Crippen MR) is 75.9 cm³/mol. The molecule has 1 aromatic carbocycles. The van der Waals surface area contributed by atoms with Gasteiger partial charge in [-0.05, 0) is 44.0 Å². The molecule has 1 fully saturated rings. The van der Waals surface area contributed by atoms with Crippen LogP contribution < -0.4 is 20.1 Å². The SMILES string of the molecule is CC1(C)Oc2ccc(NCC3CCNCC3)cc2O1. The van der Waals surface area contributed by atoms with E-state index in [0.717, 1.165) is 42.7 Å². The van der Waals surface area contributed by atoms with Crippen LogP contribution >= 0.6 is 0 Å². The maximum absolute atomic E-state index is 5.75. The molecule has 2 N–H and O–H groups in total. The zero-order valence-electron chi connectivity index (χ0n) is 11.7. The van der Waals surface area contributed by atoms with E-state index in [9.17, 15) is 0 Å². The quantitative estimate of drug-likeness (QED) is 0.878. The molecular weight excluding hydrogens is 240 g/mol. The second-order valence-corrected chi connectivity index (χ2v) is 5.84. The van der Waals surface area contributed by atoms with Gasteiger partial charge in [0.25, 0.3) is 0 Å². The van der Waals surface area contributed by atoms with Crippen LogP contribution in [0.25, 0.3) is 0 Å². The number of hydrogen-bond donors (Lipinski definition) is 2. The van der Waals surface area contributed by atoms with E-state index in [1.807, 2.05) is 26.0 Å². The van der Waals surface area contributed by atoms with Gasteiger partial charge in [0.15, 0.2) is 11.5 Å². The fraction of sp³-hybridized carbons (Fsp3) is 0.600. The average molecular weight is 262 g/mol. The molecule has 0 unspecified atom stereocenters. The van der Waals surface area contributed by atoms with E-state index in [1.54, 1.807) is 0 Å². The van der Waals surface area contributed by atoms with Crippen molar-refractivity contribution in [3.05, 3.63) is 18.2 Å². The zero-order chi connectivity index (χ0) is 13.3. The third-order valence-electron chi connectivity index (χ3n) is 3.71. The van der Waals surface area contributed by atoms with Crippen LogP contribution in [-0.4, -0.2) is 25.4 Å². The van der Waals surface area contributed by atoms with Crippen LogP contribution in [0.3, 0.4) is 0 Å². The van der Waals surface area contributed by atoms with Crippen molar-refractivity contribution in [2.45, 2.75) is 32.5 Å². The molecule has 0 radical (unpaired) electrons. The number of anilines is 1. The molecule has 0 aromatic heterocycles. The number of rotatable bonds is 3. The van der Waals surface area contributed by atoms with Gasteiger partial charge in [-0.15, -0.1) is 0 Å². The average Bonchev–Trinajstić information content (AvgIpc) is 2.70. The third kappa shape index (κ3) is 2.95. The van der Waals surface area contributed by atoms with Crippen molar-refractivity contribution in [3.63, 3.8) is 0 Å². The van der Waals surface area contributed by atoms with Gasteiger partial charge < -0.3 is 20.1 Å². The largest absolute Gasteiger partial charge is 0.449 e. The lowest BCUT2D eigenvalue weighted by molar-refractivity contribution is -0.0431. The molecule has 2 heterocycles. The van der Waals surface area contributed by atoms with Gasteiger partial charge in [0.1, 0.15) is 0 Å². The van der Waals surface area contributed by atoms with E-state index in [2.05, 4.69) is 16.7 Å². The van der Waals surface area contributed by atoms with Crippen molar-refractivity contribution in [1.82, 2.24) is 5.32 Å². The lowest BCUT2D eigenvalue weighted by atomic mass is 9.98. The van der Waals surface area contributed by atoms with E-state index in [4.69, 9.17) is 9.47 Å². The van der Waals surface area contributed by atoms with Crippen molar-refractivity contribution in [3.8, 4) is 11.5 Å². The van der Waals surface area contributed by atoms with Crippen molar-refractivity contribution in [1.29, 1.82) is 0 Å². The normalized spacial score (nSPS) is 21.4. The maximum atomic E-state index is 5.75. The molecular formula is C15H22N2O2. The highest BCUT2D eigenvalue weighted by molar-refractivity contribution is 5.56. The van der Waals surface area contributed by atoms with E-state index >= 15 is 0 Å². The molecule has 1 aromatic rings. The molecule has 0 saturated carbocycles. The standard InChI is InChI=1S/C15H22N2O2/c1-15(2)18-13-4-3-12(9-14(13)19-15)17-10-11-5-7-16-8-6-11/h3-4,9,11,16-17H,5-8,10H2,1-2H3. The van der Waals surface area contributed by atoms with Crippen molar-refractivity contribution in [2.75, 3.05) is 25.0 Å². The first-order chi connectivity index (χ1) is 9.12. The fourth-order valence-corrected chi connectivity index (χ4v) is 2.68. The number of hydrogen-bond acceptors (Lipinski definition) is 4. The van der Waals surface area contributed by atoms with Crippen molar-refractivity contribution < 1.29 is 9.47 Å². The summed E-state index contributed by atoms with van der Waals surface area (Å²) in [5.74, 6) is 1.89. The second-order valence-electron chi connectivity index (χ2n) is 5.84. The topological polar surface area (TPSA) is 42.5 Å². The molecule has 2 aliphatic rings. The minimum Gasteiger partial charge on any atom is -0.449 e.